The smallest absolute Gasteiger partial charge is 0.282 e. The fourth-order valence-corrected chi connectivity index (χ4v) is 0.785. The molecule has 60 valence electrons. The van der Waals surface area contributed by atoms with Crippen LogP contribution < -0.4 is 5.73 Å². The summed E-state index contributed by atoms with van der Waals surface area (Å²) < 4.78 is 24.0. The Balaban J connectivity index is 3.09. The van der Waals surface area contributed by atoms with Crippen LogP contribution in [0.3, 0.4) is 0 Å². The van der Waals surface area contributed by atoms with E-state index in [0.717, 1.165) is 5.56 Å². The molecule has 0 aliphatic carbocycles. The molecule has 0 aromatic carbocycles. The predicted octanol–water partition coefficient (Wildman–Crippen LogP) is 1.91. The summed E-state index contributed by atoms with van der Waals surface area (Å²) in [6, 6.07) is 1.48. The van der Waals surface area contributed by atoms with Crippen LogP contribution in [0.1, 0.15) is 17.7 Å². The van der Waals surface area contributed by atoms with Crippen LogP contribution in [0, 0.1) is 6.92 Å². The van der Waals surface area contributed by atoms with E-state index in [2.05, 4.69) is 4.98 Å². The lowest BCUT2D eigenvalue weighted by Crippen LogP contribution is -1.98. The Kier molecular flexibility index (Phi) is 2.03. The molecule has 0 bridgehead atoms. The molecule has 2 N–H and O–H groups in total. The lowest BCUT2D eigenvalue weighted by atomic mass is 10.2. The van der Waals surface area contributed by atoms with E-state index in [9.17, 15) is 8.78 Å². The lowest BCUT2D eigenvalue weighted by molar-refractivity contribution is 0.147. The van der Waals surface area contributed by atoms with E-state index < -0.39 is 6.43 Å². The molecule has 1 rings (SSSR count). The normalized spacial score (nSPS) is 10.5. The summed E-state index contributed by atoms with van der Waals surface area (Å²) in [5.41, 5.74) is 5.78. The average Bonchev–Trinajstić information content (AvgIpc) is 1.85. The summed E-state index contributed by atoms with van der Waals surface area (Å²) >= 11 is 0. The highest BCUT2D eigenvalue weighted by molar-refractivity contribution is 5.44. The summed E-state index contributed by atoms with van der Waals surface area (Å²) in [6.07, 6.45) is -1.21. The number of nitrogen functional groups attached to an aromatic ring is 1. The number of halogens is 2. The van der Waals surface area contributed by atoms with Crippen molar-refractivity contribution in [1.29, 1.82) is 0 Å². The molecule has 1 aromatic heterocycles. The van der Waals surface area contributed by atoms with Crippen LogP contribution >= 0.6 is 0 Å². The second kappa shape index (κ2) is 2.82. The van der Waals surface area contributed by atoms with Gasteiger partial charge in [-0.05, 0) is 18.6 Å². The number of pyridine rings is 1. The molecule has 0 unspecified atom stereocenters. The van der Waals surface area contributed by atoms with Gasteiger partial charge >= 0.3 is 0 Å². The summed E-state index contributed by atoms with van der Waals surface area (Å²) in [5, 5.41) is 0. The minimum Gasteiger partial charge on any atom is -0.397 e. The van der Waals surface area contributed by atoms with Gasteiger partial charge < -0.3 is 5.73 Å². The molecule has 0 saturated heterocycles. The van der Waals surface area contributed by atoms with Crippen LogP contribution in [-0.2, 0) is 0 Å². The number of aromatic nitrogens is 1. The molecular formula is C7H8F2N2. The highest BCUT2D eigenvalue weighted by Gasteiger charge is 2.11. The van der Waals surface area contributed by atoms with Crippen molar-refractivity contribution in [3.63, 3.8) is 0 Å². The van der Waals surface area contributed by atoms with Crippen molar-refractivity contribution >= 4 is 5.69 Å². The summed E-state index contributed by atoms with van der Waals surface area (Å²) in [4.78, 5) is 3.50. The Morgan fingerprint density at radius 1 is 1.55 bits per heavy atom. The number of rotatable bonds is 1. The lowest BCUT2D eigenvalue weighted by Gasteiger charge is -2.02. The predicted molar refractivity (Wildman–Crippen MR) is 38.3 cm³/mol. The average molecular weight is 158 g/mol. The van der Waals surface area contributed by atoms with Gasteiger partial charge in [0.05, 0.1) is 5.69 Å². The molecule has 1 aromatic rings. The highest BCUT2D eigenvalue weighted by atomic mass is 19.3. The minimum absolute atomic E-state index is 0.0556. The maximum absolute atomic E-state index is 12.0. The van der Waals surface area contributed by atoms with Crippen molar-refractivity contribution in [2.75, 3.05) is 5.73 Å². The van der Waals surface area contributed by atoms with Gasteiger partial charge in [-0.3, -0.25) is 4.98 Å². The second-order valence-electron chi connectivity index (χ2n) is 2.29. The van der Waals surface area contributed by atoms with E-state index in [4.69, 9.17) is 5.73 Å². The van der Waals surface area contributed by atoms with Crippen LogP contribution in [0.5, 0.6) is 0 Å². The maximum atomic E-state index is 12.0. The number of hydrogen-bond acceptors (Lipinski definition) is 2. The monoisotopic (exact) mass is 158 g/mol. The molecule has 0 fully saturated rings. The number of hydrogen-bond donors (Lipinski definition) is 1. The molecule has 0 radical (unpaired) electrons. The zero-order valence-electron chi connectivity index (χ0n) is 6.01. The fraction of sp³-hybridized carbons (Fsp3) is 0.286. The first-order valence-corrected chi connectivity index (χ1v) is 3.11. The fourth-order valence-electron chi connectivity index (χ4n) is 0.785. The molecule has 0 atom stereocenters. The summed E-state index contributed by atoms with van der Waals surface area (Å²) in [6.45, 7) is 1.75. The molecular weight excluding hydrogens is 150 g/mol. The van der Waals surface area contributed by atoms with Gasteiger partial charge in [-0.2, -0.15) is 0 Å². The molecule has 0 amide bonds. The van der Waals surface area contributed by atoms with E-state index in [1.54, 1.807) is 6.92 Å². The van der Waals surface area contributed by atoms with E-state index in [-0.39, 0.29) is 11.4 Å². The zero-order chi connectivity index (χ0) is 8.43. The van der Waals surface area contributed by atoms with Crippen molar-refractivity contribution in [2.24, 2.45) is 0 Å². The van der Waals surface area contributed by atoms with Gasteiger partial charge in [0.25, 0.3) is 6.43 Å². The summed E-state index contributed by atoms with van der Waals surface area (Å²) in [5.74, 6) is 0. The molecule has 11 heavy (non-hydrogen) atoms. The van der Waals surface area contributed by atoms with Crippen molar-refractivity contribution < 1.29 is 8.78 Å². The van der Waals surface area contributed by atoms with Crippen LogP contribution in [-0.4, -0.2) is 4.98 Å². The third-order valence-electron chi connectivity index (χ3n) is 1.29. The van der Waals surface area contributed by atoms with Crippen LogP contribution in [0.15, 0.2) is 12.3 Å². The SMILES string of the molecule is Cc1cnc(C(F)F)c(N)c1. The van der Waals surface area contributed by atoms with Gasteiger partial charge in [-0.15, -0.1) is 0 Å². The number of aryl methyl sites for hydroxylation is 1. The third kappa shape index (κ3) is 1.63. The molecule has 1 heterocycles. The Hall–Kier alpha value is -1.19. The van der Waals surface area contributed by atoms with Crippen LogP contribution in [0.4, 0.5) is 14.5 Å². The van der Waals surface area contributed by atoms with Gasteiger partial charge in [-0.25, -0.2) is 8.78 Å². The molecule has 0 aliphatic rings. The molecule has 0 aliphatic heterocycles. The first-order chi connectivity index (χ1) is 5.11. The number of anilines is 1. The molecule has 0 spiro atoms. The van der Waals surface area contributed by atoms with Crippen molar-refractivity contribution in [3.8, 4) is 0 Å². The van der Waals surface area contributed by atoms with Gasteiger partial charge in [0, 0.05) is 6.20 Å². The minimum atomic E-state index is -2.59. The molecule has 2 nitrogen and oxygen atoms in total. The first kappa shape index (κ1) is 7.91. The van der Waals surface area contributed by atoms with Crippen LogP contribution in [0.2, 0.25) is 0 Å². The number of alkyl halides is 2. The largest absolute Gasteiger partial charge is 0.397 e. The second-order valence-corrected chi connectivity index (χ2v) is 2.29. The topological polar surface area (TPSA) is 38.9 Å². The highest BCUT2D eigenvalue weighted by Crippen LogP contribution is 2.22. The van der Waals surface area contributed by atoms with Crippen molar-refractivity contribution in [1.82, 2.24) is 4.98 Å². The van der Waals surface area contributed by atoms with E-state index >= 15 is 0 Å². The van der Waals surface area contributed by atoms with E-state index in [1.807, 2.05) is 0 Å². The van der Waals surface area contributed by atoms with Crippen LogP contribution in [0.25, 0.3) is 0 Å². The molecule has 4 heteroatoms. The van der Waals surface area contributed by atoms with E-state index in [1.165, 1.54) is 12.3 Å². The first-order valence-electron chi connectivity index (χ1n) is 3.11. The van der Waals surface area contributed by atoms with Gasteiger partial charge in [0.1, 0.15) is 5.69 Å². The Morgan fingerprint density at radius 3 is 2.64 bits per heavy atom. The molecule has 0 saturated carbocycles. The Bertz CT molecular complexity index is 261. The summed E-state index contributed by atoms with van der Waals surface area (Å²) in [7, 11) is 0. The van der Waals surface area contributed by atoms with Gasteiger partial charge in [-0.1, -0.05) is 0 Å². The van der Waals surface area contributed by atoms with Crippen molar-refractivity contribution in [2.45, 2.75) is 13.3 Å². The quantitative estimate of drug-likeness (QED) is 0.678. The third-order valence-corrected chi connectivity index (χ3v) is 1.29. The number of nitrogens with two attached hydrogens (primary N) is 1. The standard InChI is InChI=1S/C7H8F2N2/c1-4-2-5(10)6(7(8)9)11-3-4/h2-3,7H,10H2,1H3. The Morgan fingerprint density at radius 2 is 2.18 bits per heavy atom. The zero-order valence-corrected chi connectivity index (χ0v) is 6.01. The van der Waals surface area contributed by atoms with E-state index in [0.29, 0.717) is 0 Å². The Labute approximate surface area is 63.1 Å². The number of nitrogens with zero attached hydrogens (tertiary/aromatic N) is 1. The van der Waals surface area contributed by atoms with Crippen molar-refractivity contribution in [3.05, 3.63) is 23.5 Å². The van der Waals surface area contributed by atoms with Gasteiger partial charge in [0.2, 0.25) is 0 Å². The van der Waals surface area contributed by atoms with Gasteiger partial charge in [0.15, 0.2) is 0 Å². The maximum Gasteiger partial charge on any atom is 0.282 e.